The van der Waals surface area contributed by atoms with Crippen molar-refractivity contribution in [3.05, 3.63) is 0 Å². The van der Waals surface area contributed by atoms with Crippen molar-refractivity contribution >= 4 is 0 Å². The summed E-state index contributed by atoms with van der Waals surface area (Å²) >= 11 is 0. The van der Waals surface area contributed by atoms with Gasteiger partial charge in [-0.05, 0) is 39.0 Å². The number of piperazine rings is 1. The van der Waals surface area contributed by atoms with E-state index in [9.17, 15) is 0 Å². The molecule has 1 saturated heterocycles. The van der Waals surface area contributed by atoms with Gasteiger partial charge in [0.1, 0.15) is 0 Å². The lowest BCUT2D eigenvalue weighted by atomic mass is 9.84. The van der Waals surface area contributed by atoms with Gasteiger partial charge < -0.3 is 5.32 Å². The molecule has 3 atom stereocenters. The zero-order chi connectivity index (χ0) is 15.2. The Hall–Kier alpha value is -0.0800. The van der Waals surface area contributed by atoms with E-state index in [2.05, 4.69) is 51.8 Å². The molecule has 120 valence electrons. The van der Waals surface area contributed by atoms with Crippen LogP contribution in [0.25, 0.3) is 0 Å². The van der Waals surface area contributed by atoms with E-state index in [4.69, 9.17) is 0 Å². The number of nitrogens with one attached hydrogen (secondary N) is 1. The maximum absolute atomic E-state index is 3.81. The van der Waals surface area contributed by atoms with Crippen molar-refractivity contribution in [2.75, 3.05) is 19.6 Å². The summed E-state index contributed by atoms with van der Waals surface area (Å²) in [5.74, 6) is 0.875. The Morgan fingerprint density at radius 3 is 2.30 bits per heavy atom. The molecule has 0 radical (unpaired) electrons. The average molecular weight is 283 g/mol. The first kappa shape index (κ1) is 18.0. The first-order chi connectivity index (χ1) is 9.43. The van der Waals surface area contributed by atoms with E-state index in [1.807, 2.05) is 0 Å². The Balaban J connectivity index is 2.73. The number of unbranched alkanes of at least 4 members (excludes halogenated alkanes) is 1. The minimum Gasteiger partial charge on any atom is -0.308 e. The molecule has 3 unspecified atom stereocenters. The van der Waals surface area contributed by atoms with Crippen molar-refractivity contribution in [2.24, 2.45) is 5.92 Å². The Labute approximate surface area is 127 Å². The van der Waals surface area contributed by atoms with E-state index in [1.54, 1.807) is 0 Å². The summed E-state index contributed by atoms with van der Waals surface area (Å²) in [6, 6.07) is 0. The van der Waals surface area contributed by atoms with Crippen LogP contribution >= 0.6 is 0 Å². The van der Waals surface area contributed by atoms with Gasteiger partial charge in [0, 0.05) is 30.7 Å². The van der Waals surface area contributed by atoms with Crippen LogP contribution in [-0.2, 0) is 0 Å². The van der Waals surface area contributed by atoms with Gasteiger partial charge in [-0.15, -0.1) is 0 Å². The molecule has 1 aliphatic rings. The third-order valence-electron chi connectivity index (χ3n) is 5.76. The van der Waals surface area contributed by atoms with E-state index >= 15 is 0 Å². The molecule has 0 spiro atoms. The Bertz CT molecular complexity index is 279. The Morgan fingerprint density at radius 1 is 1.10 bits per heavy atom. The van der Waals surface area contributed by atoms with Crippen LogP contribution in [0.1, 0.15) is 80.1 Å². The maximum Gasteiger partial charge on any atom is 0.0304 e. The lowest BCUT2D eigenvalue weighted by molar-refractivity contribution is 0.00393. The van der Waals surface area contributed by atoms with Crippen LogP contribution in [0.5, 0.6) is 0 Å². The van der Waals surface area contributed by atoms with Crippen molar-refractivity contribution in [3.63, 3.8) is 0 Å². The van der Waals surface area contributed by atoms with E-state index in [0.717, 1.165) is 12.5 Å². The van der Waals surface area contributed by atoms with Crippen LogP contribution in [0.3, 0.4) is 0 Å². The summed E-state index contributed by atoms with van der Waals surface area (Å²) in [6.07, 6.45) is 7.90. The monoisotopic (exact) mass is 282 g/mol. The summed E-state index contributed by atoms with van der Waals surface area (Å²) in [7, 11) is 0. The number of nitrogens with zero attached hydrogens (tertiary/aromatic N) is 1. The summed E-state index contributed by atoms with van der Waals surface area (Å²) in [5.41, 5.74) is 0.645. The molecule has 1 N–H and O–H groups in total. The second-order valence-corrected chi connectivity index (χ2v) is 7.42. The minimum atomic E-state index is 0.303. The molecule has 0 aromatic carbocycles. The van der Waals surface area contributed by atoms with Gasteiger partial charge in [-0.3, -0.25) is 4.90 Å². The van der Waals surface area contributed by atoms with Crippen molar-refractivity contribution in [1.29, 1.82) is 0 Å². The minimum absolute atomic E-state index is 0.303. The van der Waals surface area contributed by atoms with Gasteiger partial charge in [-0.2, -0.15) is 0 Å². The van der Waals surface area contributed by atoms with E-state index in [0.29, 0.717) is 11.1 Å². The van der Waals surface area contributed by atoms with Crippen molar-refractivity contribution < 1.29 is 0 Å². The van der Waals surface area contributed by atoms with Gasteiger partial charge >= 0.3 is 0 Å². The van der Waals surface area contributed by atoms with Crippen molar-refractivity contribution in [2.45, 2.75) is 91.1 Å². The fourth-order valence-corrected chi connectivity index (χ4v) is 3.28. The molecule has 0 saturated carbocycles. The lowest BCUT2D eigenvalue weighted by Crippen LogP contribution is -2.68. The molecular weight excluding hydrogens is 244 g/mol. The highest BCUT2D eigenvalue weighted by Gasteiger charge is 2.41. The molecule has 1 rings (SSSR count). The predicted octanol–water partition coefficient (Wildman–Crippen LogP) is 4.45. The molecule has 0 amide bonds. The molecule has 0 aromatic rings. The van der Waals surface area contributed by atoms with E-state index < -0.39 is 0 Å². The zero-order valence-electron chi connectivity index (χ0n) is 14.9. The molecule has 1 fully saturated rings. The van der Waals surface area contributed by atoms with Gasteiger partial charge in [0.2, 0.25) is 0 Å². The highest BCUT2D eigenvalue weighted by atomic mass is 15.3. The maximum atomic E-state index is 3.81. The van der Waals surface area contributed by atoms with Gasteiger partial charge in [0.05, 0.1) is 0 Å². The first-order valence-corrected chi connectivity index (χ1v) is 8.93. The molecule has 20 heavy (non-hydrogen) atoms. The predicted molar refractivity (Wildman–Crippen MR) is 90.3 cm³/mol. The highest BCUT2D eigenvalue weighted by molar-refractivity contribution is 5.01. The molecule has 0 aliphatic carbocycles. The topological polar surface area (TPSA) is 15.3 Å². The van der Waals surface area contributed by atoms with Crippen molar-refractivity contribution in [3.8, 4) is 0 Å². The fraction of sp³-hybridized carbons (Fsp3) is 1.00. The molecule has 2 heteroatoms. The largest absolute Gasteiger partial charge is 0.308 e. The van der Waals surface area contributed by atoms with Gasteiger partial charge in [-0.25, -0.2) is 0 Å². The molecule has 0 bridgehead atoms. The van der Waals surface area contributed by atoms with Gasteiger partial charge in [0.15, 0.2) is 0 Å². The number of hydrogen-bond acceptors (Lipinski definition) is 2. The zero-order valence-corrected chi connectivity index (χ0v) is 14.9. The molecule has 1 aliphatic heterocycles. The fourth-order valence-electron chi connectivity index (χ4n) is 3.28. The second kappa shape index (κ2) is 7.79. The van der Waals surface area contributed by atoms with E-state index in [-0.39, 0.29) is 0 Å². The summed E-state index contributed by atoms with van der Waals surface area (Å²) in [6.45, 7) is 17.8. The van der Waals surface area contributed by atoms with Crippen LogP contribution in [0, 0.1) is 5.92 Å². The summed E-state index contributed by atoms with van der Waals surface area (Å²) in [5, 5.41) is 3.81. The normalized spacial score (nSPS) is 33.3. The third kappa shape index (κ3) is 4.46. The van der Waals surface area contributed by atoms with Crippen LogP contribution in [-0.4, -0.2) is 35.6 Å². The summed E-state index contributed by atoms with van der Waals surface area (Å²) < 4.78 is 0. The quantitative estimate of drug-likeness (QED) is 0.708. The van der Waals surface area contributed by atoms with Crippen LogP contribution in [0.4, 0.5) is 0 Å². The number of hydrogen-bond donors (Lipinski definition) is 1. The third-order valence-corrected chi connectivity index (χ3v) is 5.76. The smallest absolute Gasteiger partial charge is 0.0304 e. The van der Waals surface area contributed by atoms with Crippen LogP contribution in [0.2, 0.25) is 0 Å². The highest BCUT2D eigenvalue weighted by Crippen LogP contribution is 2.30. The van der Waals surface area contributed by atoms with Crippen LogP contribution < -0.4 is 5.32 Å². The SMILES string of the molecule is CCCCC(CC)CN1CC(C)(CC)NCC1(C)CC. The molecule has 2 nitrogen and oxygen atoms in total. The molecular formula is C18H38N2. The Morgan fingerprint density at radius 2 is 1.80 bits per heavy atom. The first-order valence-electron chi connectivity index (χ1n) is 8.93. The van der Waals surface area contributed by atoms with Crippen molar-refractivity contribution in [1.82, 2.24) is 10.2 Å². The number of rotatable bonds is 8. The standard InChI is InChI=1S/C18H38N2/c1-7-11-12-16(8-2)13-20-15-17(5,9-3)19-14-18(20,6)10-4/h16,19H,7-15H2,1-6H3. The average Bonchev–Trinajstić information content (AvgIpc) is 2.47. The van der Waals surface area contributed by atoms with Gasteiger partial charge in [0.25, 0.3) is 0 Å². The van der Waals surface area contributed by atoms with Gasteiger partial charge in [-0.1, -0.05) is 47.0 Å². The van der Waals surface area contributed by atoms with Crippen LogP contribution in [0.15, 0.2) is 0 Å². The molecule has 1 heterocycles. The lowest BCUT2D eigenvalue weighted by Gasteiger charge is -2.53. The van der Waals surface area contributed by atoms with E-state index in [1.165, 1.54) is 51.6 Å². The summed E-state index contributed by atoms with van der Waals surface area (Å²) in [4.78, 5) is 2.80. The second-order valence-electron chi connectivity index (χ2n) is 7.42. The Kier molecular flexibility index (Phi) is 7.00. The molecule has 0 aromatic heterocycles.